The number of carboxylic acid groups (broad SMARTS) is 1. The standard InChI is InChI=1S/C17H16N2O3/c1-11-12(17(20)21)6-5-9-14(11)19-15-8-4-3-7-13(15)18-16(19)10-22-2/h3-9H,10H2,1-2H3,(H,20,21). The lowest BCUT2D eigenvalue weighted by Gasteiger charge is -2.13. The van der Waals surface area contributed by atoms with Crippen molar-refractivity contribution >= 4 is 17.0 Å². The summed E-state index contributed by atoms with van der Waals surface area (Å²) in [6.45, 7) is 2.16. The fraction of sp³-hybridized carbons (Fsp3) is 0.176. The second kappa shape index (κ2) is 5.61. The highest BCUT2D eigenvalue weighted by Gasteiger charge is 2.16. The number of imidazole rings is 1. The van der Waals surface area contributed by atoms with Gasteiger partial charge in [0.1, 0.15) is 12.4 Å². The number of carboxylic acids is 1. The average molecular weight is 296 g/mol. The zero-order chi connectivity index (χ0) is 15.7. The lowest BCUT2D eigenvalue weighted by atomic mass is 10.1. The summed E-state index contributed by atoms with van der Waals surface area (Å²) < 4.78 is 7.20. The summed E-state index contributed by atoms with van der Waals surface area (Å²) in [6, 6.07) is 13.0. The molecule has 0 radical (unpaired) electrons. The smallest absolute Gasteiger partial charge is 0.336 e. The van der Waals surface area contributed by atoms with Gasteiger partial charge in [-0.05, 0) is 36.8 Å². The van der Waals surface area contributed by atoms with Crippen molar-refractivity contribution in [3.63, 3.8) is 0 Å². The van der Waals surface area contributed by atoms with Crippen LogP contribution in [-0.2, 0) is 11.3 Å². The predicted molar refractivity (Wildman–Crippen MR) is 83.5 cm³/mol. The largest absolute Gasteiger partial charge is 0.478 e. The molecule has 112 valence electrons. The Morgan fingerprint density at radius 2 is 2.00 bits per heavy atom. The van der Waals surface area contributed by atoms with Gasteiger partial charge in [0.15, 0.2) is 0 Å². The minimum absolute atomic E-state index is 0.290. The van der Waals surface area contributed by atoms with Gasteiger partial charge in [-0.3, -0.25) is 4.57 Å². The van der Waals surface area contributed by atoms with E-state index in [2.05, 4.69) is 4.98 Å². The number of aromatic nitrogens is 2. The van der Waals surface area contributed by atoms with E-state index in [9.17, 15) is 9.90 Å². The molecule has 0 bridgehead atoms. The van der Waals surface area contributed by atoms with E-state index in [4.69, 9.17) is 4.74 Å². The first kappa shape index (κ1) is 14.3. The van der Waals surface area contributed by atoms with E-state index in [1.54, 1.807) is 19.2 Å². The van der Waals surface area contributed by atoms with Crippen LogP contribution in [0.3, 0.4) is 0 Å². The van der Waals surface area contributed by atoms with Crippen LogP contribution in [0.4, 0.5) is 0 Å². The Bertz CT molecular complexity index is 852. The molecule has 5 heteroatoms. The summed E-state index contributed by atoms with van der Waals surface area (Å²) in [6.07, 6.45) is 0. The SMILES string of the molecule is COCc1nc2ccccc2n1-c1cccc(C(=O)O)c1C. The molecule has 5 nitrogen and oxygen atoms in total. The molecule has 0 fully saturated rings. The number of fused-ring (bicyclic) bond motifs is 1. The van der Waals surface area contributed by atoms with Crippen LogP contribution >= 0.6 is 0 Å². The van der Waals surface area contributed by atoms with E-state index in [1.165, 1.54) is 0 Å². The minimum atomic E-state index is -0.933. The maximum Gasteiger partial charge on any atom is 0.336 e. The first-order chi connectivity index (χ1) is 10.6. The van der Waals surface area contributed by atoms with E-state index < -0.39 is 5.97 Å². The minimum Gasteiger partial charge on any atom is -0.478 e. The molecule has 2 aromatic carbocycles. The van der Waals surface area contributed by atoms with Crippen molar-refractivity contribution in [1.82, 2.24) is 9.55 Å². The number of ether oxygens (including phenoxy) is 1. The number of carbonyl (C=O) groups is 1. The first-order valence-corrected chi connectivity index (χ1v) is 6.92. The molecule has 0 aliphatic carbocycles. The van der Waals surface area contributed by atoms with Crippen LogP contribution in [-0.4, -0.2) is 27.7 Å². The summed E-state index contributed by atoms with van der Waals surface area (Å²) in [5, 5.41) is 9.32. The van der Waals surface area contributed by atoms with E-state index in [0.717, 1.165) is 22.5 Å². The van der Waals surface area contributed by atoms with Crippen molar-refractivity contribution in [3.05, 3.63) is 59.4 Å². The summed E-state index contributed by atoms with van der Waals surface area (Å²) in [5.74, 6) is -0.189. The Labute approximate surface area is 127 Å². The van der Waals surface area contributed by atoms with E-state index in [-0.39, 0.29) is 0 Å². The maximum absolute atomic E-state index is 11.4. The van der Waals surface area contributed by atoms with E-state index in [1.807, 2.05) is 41.8 Å². The number of rotatable bonds is 4. The number of methoxy groups -OCH3 is 1. The summed E-state index contributed by atoms with van der Waals surface area (Å²) in [4.78, 5) is 16.0. The fourth-order valence-corrected chi connectivity index (χ4v) is 2.67. The molecule has 22 heavy (non-hydrogen) atoms. The van der Waals surface area contributed by atoms with Gasteiger partial charge in [0.05, 0.1) is 22.3 Å². The highest BCUT2D eigenvalue weighted by atomic mass is 16.5. The molecular weight excluding hydrogens is 280 g/mol. The molecule has 0 spiro atoms. The normalized spacial score (nSPS) is 11.0. The van der Waals surface area contributed by atoms with Gasteiger partial charge < -0.3 is 9.84 Å². The zero-order valence-electron chi connectivity index (χ0n) is 12.4. The molecule has 3 rings (SSSR count). The third-order valence-electron chi connectivity index (χ3n) is 3.68. The molecule has 0 saturated heterocycles. The van der Waals surface area contributed by atoms with Gasteiger partial charge >= 0.3 is 5.97 Å². The molecule has 0 aliphatic heterocycles. The lowest BCUT2D eigenvalue weighted by molar-refractivity contribution is 0.0696. The molecule has 1 aromatic heterocycles. The molecule has 1 heterocycles. The molecule has 0 saturated carbocycles. The lowest BCUT2D eigenvalue weighted by Crippen LogP contribution is -2.08. The third-order valence-corrected chi connectivity index (χ3v) is 3.68. The van der Waals surface area contributed by atoms with Crippen LogP contribution in [0.5, 0.6) is 0 Å². The summed E-state index contributed by atoms with van der Waals surface area (Å²) >= 11 is 0. The molecule has 1 N–H and O–H groups in total. The zero-order valence-corrected chi connectivity index (χ0v) is 12.4. The monoisotopic (exact) mass is 296 g/mol. The van der Waals surface area contributed by atoms with Crippen LogP contribution in [0.25, 0.3) is 16.7 Å². The number of hydrogen-bond donors (Lipinski definition) is 1. The van der Waals surface area contributed by atoms with Crippen molar-refractivity contribution in [1.29, 1.82) is 0 Å². The second-order valence-corrected chi connectivity index (χ2v) is 5.04. The van der Waals surface area contributed by atoms with Gasteiger partial charge in [0, 0.05) is 7.11 Å². The predicted octanol–water partition coefficient (Wildman–Crippen LogP) is 3.18. The molecule has 0 atom stereocenters. The topological polar surface area (TPSA) is 64.4 Å². The van der Waals surface area contributed by atoms with Crippen LogP contribution < -0.4 is 0 Å². The molecule has 3 aromatic rings. The Kier molecular flexibility index (Phi) is 3.65. The second-order valence-electron chi connectivity index (χ2n) is 5.04. The molecule has 0 unspecified atom stereocenters. The number of aromatic carboxylic acids is 1. The number of benzene rings is 2. The Hall–Kier alpha value is -2.66. The quantitative estimate of drug-likeness (QED) is 0.803. The van der Waals surface area contributed by atoms with Crippen molar-refractivity contribution in [2.75, 3.05) is 7.11 Å². The highest BCUT2D eigenvalue weighted by Crippen LogP contribution is 2.26. The molecule has 0 amide bonds. The fourth-order valence-electron chi connectivity index (χ4n) is 2.67. The Balaban J connectivity index is 2.32. The number of para-hydroxylation sites is 2. The van der Waals surface area contributed by atoms with Gasteiger partial charge in [-0.25, -0.2) is 9.78 Å². The van der Waals surface area contributed by atoms with Gasteiger partial charge in [-0.1, -0.05) is 18.2 Å². The first-order valence-electron chi connectivity index (χ1n) is 6.92. The van der Waals surface area contributed by atoms with Gasteiger partial charge in [-0.2, -0.15) is 0 Å². The number of nitrogens with zero attached hydrogens (tertiary/aromatic N) is 2. The Morgan fingerprint density at radius 3 is 2.73 bits per heavy atom. The van der Waals surface area contributed by atoms with Crippen molar-refractivity contribution in [2.24, 2.45) is 0 Å². The summed E-state index contributed by atoms with van der Waals surface area (Å²) in [5.41, 5.74) is 3.59. The number of hydrogen-bond acceptors (Lipinski definition) is 3. The van der Waals surface area contributed by atoms with Crippen molar-refractivity contribution in [2.45, 2.75) is 13.5 Å². The van der Waals surface area contributed by atoms with E-state index in [0.29, 0.717) is 17.7 Å². The van der Waals surface area contributed by atoms with Gasteiger partial charge in [0.25, 0.3) is 0 Å². The molecule has 0 aliphatic rings. The van der Waals surface area contributed by atoms with Gasteiger partial charge in [-0.15, -0.1) is 0 Å². The van der Waals surface area contributed by atoms with Crippen LogP contribution in [0.1, 0.15) is 21.7 Å². The van der Waals surface area contributed by atoms with Crippen LogP contribution in [0.15, 0.2) is 42.5 Å². The van der Waals surface area contributed by atoms with Gasteiger partial charge in [0.2, 0.25) is 0 Å². The average Bonchev–Trinajstić information content (AvgIpc) is 2.85. The third kappa shape index (κ3) is 2.25. The van der Waals surface area contributed by atoms with Crippen LogP contribution in [0, 0.1) is 6.92 Å². The van der Waals surface area contributed by atoms with Crippen molar-refractivity contribution in [3.8, 4) is 5.69 Å². The Morgan fingerprint density at radius 1 is 1.23 bits per heavy atom. The highest BCUT2D eigenvalue weighted by molar-refractivity contribution is 5.91. The van der Waals surface area contributed by atoms with Crippen LogP contribution in [0.2, 0.25) is 0 Å². The van der Waals surface area contributed by atoms with E-state index >= 15 is 0 Å². The maximum atomic E-state index is 11.4. The summed E-state index contributed by atoms with van der Waals surface area (Å²) in [7, 11) is 1.62. The molecular formula is C17H16N2O3. The van der Waals surface area contributed by atoms with Crippen molar-refractivity contribution < 1.29 is 14.6 Å².